The van der Waals surface area contributed by atoms with Crippen LogP contribution in [0.15, 0.2) is 5.16 Å². The molecule has 0 aliphatic heterocycles. The molecule has 3 fully saturated rings. The predicted molar refractivity (Wildman–Crippen MR) is 68.9 cm³/mol. The van der Waals surface area contributed by atoms with Crippen molar-refractivity contribution in [1.29, 1.82) is 0 Å². The Morgan fingerprint density at radius 2 is 1.83 bits per heavy atom. The van der Waals surface area contributed by atoms with Crippen LogP contribution in [-0.2, 0) is 14.4 Å². The van der Waals surface area contributed by atoms with Crippen LogP contribution >= 0.6 is 15.9 Å². The third-order valence-corrected chi connectivity index (χ3v) is 4.45. The van der Waals surface area contributed by atoms with Crippen molar-refractivity contribution in [3.63, 3.8) is 0 Å². The largest absolute Gasteiger partial charge is 0.476 e. The van der Waals surface area contributed by atoms with E-state index in [2.05, 4.69) is 21.1 Å². The highest BCUT2D eigenvalue weighted by Gasteiger charge is 2.43. The molecule has 2 bridgehead atoms. The van der Waals surface area contributed by atoms with E-state index in [0.29, 0.717) is 0 Å². The molecule has 0 radical (unpaired) electrons. The van der Waals surface area contributed by atoms with Gasteiger partial charge < -0.3 is 9.94 Å². The number of hydrogen-bond acceptors (Lipinski definition) is 4. The minimum atomic E-state index is -1.33. The van der Waals surface area contributed by atoms with Gasteiger partial charge in [-0.05, 0) is 44.4 Å². The van der Waals surface area contributed by atoms with Gasteiger partial charge in [-0.15, -0.1) is 0 Å². The van der Waals surface area contributed by atoms with E-state index in [1.807, 2.05) is 0 Å². The van der Waals surface area contributed by atoms with Gasteiger partial charge in [-0.25, -0.2) is 4.79 Å². The number of carbonyl (C=O) groups excluding carboxylic acids is 1. The molecule has 3 aliphatic rings. The smallest absolute Gasteiger partial charge is 0.361 e. The zero-order valence-corrected chi connectivity index (χ0v) is 11.6. The monoisotopic (exact) mass is 317 g/mol. The van der Waals surface area contributed by atoms with Crippen molar-refractivity contribution in [1.82, 2.24) is 0 Å². The quantitative estimate of drug-likeness (QED) is 0.365. The molecule has 0 aromatic rings. The normalized spacial score (nSPS) is 31.2. The van der Waals surface area contributed by atoms with E-state index in [-0.39, 0.29) is 10.9 Å². The molecule has 3 saturated carbocycles. The second kappa shape index (κ2) is 5.38. The maximum absolute atomic E-state index is 11.4. The predicted octanol–water partition coefficient (Wildman–Crippen LogP) is 2.13. The Bertz CT molecular complexity index is 372. The number of halogens is 1. The van der Waals surface area contributed by atoms with Gasteiger partial charge in [0.2, 0.25) is 11.5 Å². The van der Waals surface area contributed by atoms with Crippen LogP contribution in [0.5, 0.6) is 0 Å². The summed E-state index contributed by atoms with van der Waals surface area (Å²) < 4.78 is 0. The van der Waals surface area contributed by atoms with Gasteiger partial charge in [-0.1, -0.05) is 21.1 Å². The Morgan fingerprint density at radius 1 is 1.28 bits per heavy atom. The van der Waals surface area contributed by atoms with Crippen LogP contribution in [0, 0.1) is 5.92 Å². The first-order valence-electron chi connectivity index (χ1n) is 6.15. The fourth-order valence-electron chi connectivity index (χ4n) is 2.76. The Kier molecular flexibility index (Phi) is 4.04. The molecule has 0 saturated heterocycles. The van der Waals surface area contributed by atoms with E-state index >= 15 is 0 Å². The molecule has 3 rings (SSSR count). The highest BCUT2D eigenvalue weighted by atomic mass is 79.9. The molecule has 5 nitrogen and oxygen atoms in total. The van der Waals surface area contributed by atoms with Gasteiger partial charge in [0.25, 0.3) is 0 Å². The molecular formula is C12H16BrNO4. The zero-order valence-electron chi connectivity index (χ0n) is 10.0. The summed E-state index contributed by atoms with van der Waals surface area (Å²) in [6.45, 7) is 0. The first-order chi connectivity index (χ1) is 8.56. The second-order valence-electron chi connectivity index (χ2n) is 5.06. The number of rotatable bonds is 5. The van der Waals surface area contributed by atoms with Crippen molar-refractivity contribution in [3.8, 4) is 0 Å². The van der Waals surface area contributed by atoms with Gasteiger partial charge in [-0.3, -0.25) is 4.79 Å². The van der Waals surface area contributed by atoms with E-state index < -0.39 is 17.5 Å². The highest BCUT2D eigenvalue weighted by molar-refractivity contribution is 9.09. The topological polar surface area (TPSA) is 76.0 Å². The number of oxime groups is 1. The van der Waals surface area contributed by atoms with Crippen molar-refractivity contribution in [2.75, 3.05) is 5.33 Å². The maximum Gasteiger partial charge on any atom is 0.361 e. The molecule has 100 valence electrons. The van der Waals surface area contributed by atoms with E-state index in [4.69, 9.17) is 9.94 Å². The minimum absolute atomic E-state index is 0.0590. The molecule has 0 unspecified atom stereocenters. The fraction of sp³-hybridized carbons (Fsp3) is 0.750. The molecule has 6 heteroatoms. The van der Waals surface area contributed by atoms with Crippen molar-refractivity contribution in [2.24, 2.45) is 11.1 Å². The van der Waals surface area contributed by atoms with Crippen LogP contribution < -0.4 is 0 Å². The average Bonchev–Trinajstić information content (AvgIpc) is 2.40. The van der Waals surface area contributed by atoms with E-state index in [1.165, 1.54) is 0 Å². The summed E-state index contributed by atoms with van der Waals surface area (Å²) in [5.74, 6) is -1.11. The summed E-state index contributed by atoms with van der Waals surface area (Å²) in [7, 11) is 0. The summed E-state index contributed by atoms with van der Waals surface area (Å²) in [5.41, 5.74) is -0.851. The van der Waals surface area contributed by atoms with Crippen LogP contribution in [0.1, 0.15) is 38.5 Å². The summed E-state index contributed by atoms with van der Waals surface area (Å²) in [4.78, 5) is 27.8. The maximum atomic E-state index is 11.4. The number of hydrogen-bond donors (Lipinski definition) is 1. The number of carboxylic acids is 1. The van der Waals surface area contributed by atoms with E-state index in [0.717, 1.165) is 44.4 Å². The van der Waals surface area contributed by atoms with Gasteiger partial charge >= 0.3 is 5.97 Å². The standard InChI is InChI=1S/C12H16BrNO4/c13-7-9(15)10(11(16)17)14-18-12-4-1-8(2-5-12)3-6-12/h8H,1-7H2,(H,16,17)/b14-10+. The molecule has 3 aliphatic carbocycles. The van der Waals surface area contributed by atoms with Gasteiger partial charge in [0.05, 0.1) is 5.33 Å². The van der Waals surface area contributed by atoms with Crippen LogP contribution in [-0.4, -0.2) is 33.5 Å². The first-order valence-corrected chi connectivity index (χ1v) is 7.27. The lowest BCUT2D eigenvalue weighted by Crippen LogP contribution is -2.42. The van der Waals surface area contributed by atoms with Crippen LogP contribution in [0.25, 0.3) is 0 Å². The molecule has 0 amide bonds. The van der Waals surface area contributed by atoms with Gasteiger partial charge in [0.1, 0.15) is 5.60 Å². The lowest BCUT2D eigenvalue weighted by molar-refractivity contribution is -0.132. The molecule has 0 atom stereocenters. The van der Waals surface area contributed by atoms with Crippen molar-refractivity contribution < 1.29 is 19.5 Å². The van der Waals surface area contributed by atoms with E-state index in [9.17, 15) is 9.59 Å². The molecule has 18 heavy (non-hydrogen) atoms. The molecule has 0 aromatic carbocycles. The molecule has 0 aromatic heterocycles. The average molecular weight is 318 g/mol. The first kappa shape index (κ1) is 13.5. The van der Waals surface area contributed by atoms with Gasteiger partial charge in [-0.2, -0.15) is 0 Å². The van der Waals surface area contributed by atoms with Crippen molar-refractivity contribution >= 4 is 33.4 Å². The number of alkyl halides is 1. The number of Topliss-reactive ketones (excluding diaryl/α,β-unsaturated/α-hetero) is 1. The minimum Gasteiger partial charge on any atom is -0.476 e. The number of nitrogens with zero attached hydrogens (tertiary/aromatic N) is 1. The SMILES string of the molecule is O=C(O)/C(=N/OC12CCC(CC1)CC2)C(=O)CBr. The number of ketones is 1. The van der Waals surface area contributed by atoms with Crippen molar-refractivity contribution in [2.45, 2.75) is 44.1 Å². The third-order valence-electron chi connectivity index (χ3n) is 3.94. The number of fused-ring (bicyclic) bond motifs is 3. The number of carboxylic acid groups (broad SMARTS) is 1. The third kappa shape index (κ3) is 2.74. The van der Waals surface area contributed by atoms with E-state index in [1.54, 1.807) is 0 Å². The Balaban J connectivity index is 2.07. The lowest BCUT2D eigenvalue weighted by atomic mass is 9.68. The van der Waals surface area contributed by atoms with Crippen LogP contribution in [0.2, 0.25) is 0 Å². The van der Waals surface area contributed by atoms with Crippen LogP contribution in [0.4, 0.5) is 0 Å². The Hall–Kier alpha value is -0.910. The Labute approximate surface area is 114 Å². The zero-order chi connectivity index (χ0) is 13.2. The lowest BCUT2D eigenvalue weighted by Gasteiger charge is -2.44. The molecule has 1 N–H and O–H groups in total. The molecule has 0 spiro atoms. The van der Waals surface area contributed by atoms with Gasteiger partial charge in [0.15, 0.2) is 0 Å². The molecule has 0 heterocycles. The summed E-state index contributed by atoms with van der Waals surface area (Å²) in [6, 6.07) is 0. The van der Waals surface area contributed by atoms with Crippen molar-refractivity contribution in [3.05, 3.63) is 0 Å². The highest BCUT2D eigenvalue weighted by Crippen LogP contribution is 2.46. The fourth-order valence-corrected chi connectivity index (χ4v) is 3.03. The van der Waals surface area contributed by atoms with Crippen LogP contribution in [0.3, 0.4) is 0 Å². The summed E-state index contributed by atoms with van der Waals surface area (Å²) in [5, 5.41) is 12.5. The second-order valence-corrected chi connectivity index (χ2v) is 5.62. The number of aliphatic carboxylic acids is 1. The summed E-state index contributed by atoms with van der Waals surface area (Å²) >= 11 is 2.94. The Morgan fingerprint density at radius 3 is 2.28 bits per heavy atom. The molecular weight excluding hydrogens is 302 g/mol. The van der Waals surface area contributed by atoms with Gasteiger partial charge in [0, 0.05) is 0 Å². The summed E-state index contributed by atoms with van der Waals surface area (Å²) in [6.07, 6.45) is 6.09. The number of carbonyl (C=O) groups is 2.